The van der Waals surface area contributed by atoms with Crippen LogP contribution in [0.25, 0.3) is 0 Å². The van der Waals surface area contributed by atoms with Gasteiger partial charge in [-0.25, -0.2) is 9.88 Å². The molecule has 0 fully saturated rings. The van der Waals surface area contributed by atoms with Gasteiger partial charge >= 0.3 is 0 Å². The zero-order chi connectivity index (χ0) is 15.1. The van der Waals surface area contributed by atoms with Crippen LogP contribution in [0, 0.1) is 17.0 Å². The largest absolute Gasteiger partial charge is 0.283 e. The van der Waals surface area contributed by atoms with Crippen molar-refractivity contribution in [2.24, 2.45) is 0 Å². The van der Waals surface area contributed by atoms with E-state index in [0.29, 0.717) is 5.69 Å². The SMILES string of the molecule is Cc1cccc(N2C(=O)c3cccc([N+](=O)[O-])c3C2=O)n1. The number of nitro groups is 1. The molecule has 0 bridgehead atoms. The molecule has 0 saturated carbocycles. The summed E-state index contributed by atoms with van der Waals surface area (Å²) >= 11 is 0. The van der Waals surface area contributed by atoms with E-state index in [1.54, 1.807) is 19.1 Å². The van der Waals surface area contributed by atoms with E-state index < -0.39 is 16.7 Å². The van der Waals surface area contributed by atoms with Crippen LogP contribution >= 0.6 is 0 Å². The van der Waals surface area contributed by atoms with Crippen molar-refractivity contribution in [3.8, 4) is 0 Å². The molecule has 0 N–H and O–H groups in total. The second-order valence-corrected chi connectivity index (χ2v) is 4.54. The number of carbonyl (C=O) groups is 2. The van der Waals surface area contributed by atoms with E-state index in [-0.39, 0.29) is 22.6 Å². The van der Waals surface area contributed by atoms with Crippen LogP contribution in [-0.4, -0.2) is 21.7 Å². The minimum absolute atomic E-state index is 0.0255. The van der Waals surface area contributed by atoms with E-state index in [9.17, 15) is 19.7 Å². The van der Waals surface area contributed by atoms with Crippen molar-refractivity contribution in [3.05, 3.63) is 63.3 Å². The van der Waals surface area contributed by atoms with Gasteiger partial charge in [-0.15, -0.1) is 0 Å². The highest BCUT2D eigenvalue weighted by Crippen LogP contribution is 2.32. The number of imide groups is 1. The Bertz CT molecular complexity index is 801. The highest BCUT2D eigenvalue weighted by Gasteiger charge is 2.42. The van der Waals surface area contributed by atoms with Gasteiger partial charge in [-0.1, -0.05) is 12.1 Å². The lowest BCUT2D eigenvalue weighted by Crippen LogP contribution is -2.30. The Kier molecular flexibility index (Phi) is 2.76. The van der Waals surface area contributed by atoms with E-state index in [0.717, 1.165) is 4.90 Å². The molecular formula is C14H9N3O4. The average Bonchev–Trinajstić information content (AvgIpc) is 2.71. The number of benzene rings is 1. The van der Waals surface area contributed by atoms with Crippen LogP contribution in [0.3, 0.4) is 0 Å². The number of hydrogen-bond acceptors (Lipinski definition) is 5. The molecule has 0 saturated heterocycles. The molecule has 3 rings (SSSR count). The summed E-state index contributed by atoms with van der Waals surface area (Å²) in [6.45, 7) is 1.73. The van der Waals surface area contributed by atoms with E-state index >= 15 is 0 Å². The molecule has 1 aliphatic rings. The number of anilines is 1. The number of nitro benzene ring substituents is 1. The van der Waals surface area contributed by atoms with E-state index in [4.69, 9.17) is 0 Å². The standard InChI is InChI=1S/C14H9N3O4/c1-8-4-2-7-11(15-8)16-13(18)9-5-3-6-10(17(20)21)12(9)14(16)19/h2-7H,1H3. The van der Waals surface area contributed by atoms with Crippen LogP contribution in [-0.2, 0) is 0 Å². The summed E-state index contributed by atoms with van der Waals surface area (Å²) < 4.78 is 0. The van der Waals surface area contributed by atoms with Gasteiger partial charge in [0.15, 0.2) is 0 Å². The predicted molar refractivity (Wildman–Crippen MR) is 73.2 cm³/mol. The first kappa shape index (κ1) is 12.9. The summed E-state index contributed by atoms with van der Waals surface area (Å²) in [6.07, 6.45) is 0. The minimum Gasteiger partial charge on any atom is -0.268 e. The number of fused-ring (bicyclic) bond motifs is 1. The van der Waals surface area contributed by atoms with Crippen LogP contribution in [0.5, 0.6) is 0 Å². The van der Waals surface area contributed by atoms with Gasteiger partial charge in [0.1, 0.15) is 11.4 Å². The molecule has 7 heteroatoms. The number of rotatable bonds is 2. The summed E-state index contributed by atoms with van der Waals surface area (Å²) in [7, 11) is 0. The number of aryl methyl sites for hydroxylation is 1. The molecule has 1 aliphatic heterocycles. The fourth-order valence-corrected chi connectivity index (χ4v) is 2.28. The maximum absolute atomic E-state index is 12.4. The van der Waals surface area contributed by atoms with Crippen LogP contribution in [0.1, 0.15) is 26.4 Å². The molecule has 7 nitrogen and oxygen atoms in total. The molecular weight excluding hydrogens is 274 g/mol. The van der Waals surface area contributed by atoms with Crippen molar-refractivity contribution in [1.82, 2.24) is 4.98 Å². The molecule has 1 aromatic heterocycles. The summed E-state index contributed by atoms with van der Waals surface area (Å²) in [5, 5.41) is 11.0. The van der Waals surface area contributed by atoms with Gasteiger partial charge in [0.2, 0.25) is 0 Å². The number of nitrogens with zero attached hydrogens (tertiary/aromatic N) is 3. The van der Waals surface area contributed by atoms with Gasteiger partial charge in [-0.3, -0.25) is 19.7 Å². The third kappa shape index (κ3) is 1.86. The van der Waals surface area contributed by atoms with Gasteiger partial charge in [0.25, 0.3) is 17.5 Å². The van der Waals surface area contributed by atoms with Crippen molar-refractivity contribution < 1.29 is 14.5 Å². The van der Waals surface area contributed by atoms with Crippen molar-refractivity contribution in [3.63, 3.8) is 0 Å². The number of amides is 2. The third-order valence-electron chi connectivity index (χ3n) is 3.19. The van der Waals surface area contributed by atoms with Gasteiger partial charge in [-0.2, -0.15) is 0 Å². The number of pyridine rings is 1. The van der Waals surface area contributed by atoms with E-state index in [1.807, 2.05) is 0 Å². The second-order valence-electron chi connectivity index (χ2n) is 4.54. The zero-order valence-corrected chi connectivity index (χ0v) is 10.9. The number of carbonyl (C=O) groups excluding carboxylic acids is 2. The van der Waals surface area contributed by atoms with Crippen LogP contribution < -0.4 is 4.90 Å². The molecule has 0 aliphatic carbocycles. The summed E-state index contributed by atoms with van der Waals surface area (Å²) in [5.41, 5.74) is 0.105. The Hall–Kier alpha value is -3.09. The molecule has 0 unspecified atom stereocenters. The van der Waals surface area contributed by atoms with Crippen LogP contribution in [0.2, 0.25) is 0 Å². The fourth-order valence-electron chi connectivity index (χ4n) is 2.28. The van der Waals surface area contributed by atoms with Gasteiger partial charge in [0.05, 0.1) is 10.5 Å². The summed E-state index contributed by atoms with van der Waals surface area (Å²) in [5.74, 6) is -1.16. The minimum atomic E-state index is -0.722. The molecule has 1 aromatic carbocycles. The van der Waals surface area contributed by atoms with Gasteiger partial charge in [-0.05, 0) is 25.1 Å². The lowest BCUT2D eigenvalue weighted by molar-refractivity contribution is -0.385. The quantitative estimate of drug-likeness (QED) is 0.478. The summed E-state index contributed by atoms with van der Waals surface area (Å²) in [6, 6.07) is 8.89. The fraction of sp³-hybridized carbons (Fsp3) is 0.0714. The first-order valence-electron chi connectivity index (χ1n) is 6.10. The van der Waals surface area contributed by atoms with E-state index in [2.05, 4.69) is 4.98 Å². The molecule has 2 heterocycles. The molecule has 2 amide bonds. The van der Waals surface area contributed by atoms with Crippen molar-refractivity contribution in [2.45, 2.75) is 6.92 Å². The predicted octanol–water partition coefficient (Wildman–Crippen LogP) is 2.10. The summed E-state index contributed by atoms with van der Waals surface area (Å²) in [4.78, 5) is 40.1. The Morgan fingerprint density at radius 2 is 1.81 bits per heavy atom. The Balaban J connectivity index is 2.18. The van der Waals surface area contributed by atoms with Crippen LogP contribution in [0.4, 0.5) is 11.5 Å². The van der Waals surface area contributed by atoms with Crippen LogP contribution in [0.15, 0.2) is 36.4 Å². The first-order valence-corrected chi connectivity index (χ1v) is 6.10. The normalized spacial score (nSPS) is 13.5. The molecule has 0 atom stereocenters. The highest BCUT2D eigenvalue weighted by atomic mass is 16.6. The lowest BCUT2D eigenvalue weighted by Gasteiger charge is -2.12. The number of hydrogen-bond donors (Lipinski definition) is 0. The van der Waals surface area contributed by atoms with E-state index in [1.165, 1.54) is 24.3 Å². The Morgan fingerprint density at radius 3 is 2.48 bits per heavy atom. The zero-order valence-electron chi connectivity index (χ0n) is 10.9. The second kappa shape index (κ2) is 4.48. The highest BCUT2D eigenvalue weighted by molar-refractivity contribution is 6.35. The molecule has 104 valence electrons. The monoisotopic (exact) mass is 283 g/mol. The lowest BCUT2D eigenvalue weighted by atomic mass is 10.1. The Morgan fingerprint density at radius 1 is 1.10 bits per heavy atom. The molecule has 0 spiro atoms. The van der Waals surface area contributed by atoms with Gasteiger partial charge < -0.3 is 0 Å². The Labute approximate surface area is 119 Å². The third-order valence-corrected chi connectivity index (χ3v) is 3.19. The topological polar surface area (TPSA) is 93.4 Å². The number of aromatic nitrogens is 1. The molecule has 2 aromatic rings. The van der Waals surface area contributed by atoms with Crippen molar-refractivity contribution in [1.29, 1.82) is 0 Å². The molecule has 21 heavy (non-hydrogen) atoms. The van der Waals surface area contributed by atoms with Crippen molar-refractivity contribution >= 4 is 23.3 Å². The smallest absolute Gasteiger partial charge is 0.268 e. The molecule has 0 radical (unpaired) electrons. The maximum atomic E-state index is 12.4. The van der Waals surface area contributed by atoms with Gasteiger partial charge in [0, 0.05) is 11.8 Å². The average molecular weight is 283 g/mol. The maximum Gasteiger partial charge on any atom is 0.283 e. The van der Waals surface area contributed by atoms with Crippen molar-refractivity contribution in [2.75, 3.05) is 4.90 Å². The first-order chi connectivity index (χ1) is 10.0.